The third-order valence-corrected chi connectivity index (χ3v) is 3.88. The van der Waals surface area contributed by atoms with Gasteiger partial charge in [-0.1, -0.05) is 23.7 Å². The van der Waals surface area contributed by atoms with Crippen LogP contribution in [0, 0.1) is 0 Å². The Bertz CT molecular complexity index is 985. The van der Waals surface area contributed by atoms with Gasteiger partial charge in [0, 0.05) is 34.1 Å². The van der Waals surface area contributed by atoms with Crippen molar-refractivity contribution >= 4 is 34.0 Å². The highest BCUT2D eigenvalue weighted by Crippen LogP contribution is 2.27. The second kappa shape index (κ2) is 6.26. The summed E-state index contributed by atoms with van der Waals surface area (Å²) in [7, 11) is 0. The Hall–Kier alpha value is -2.98. The maximum Gasteiger partial charge on any atom is 0.163 e. The maximum absolute atomic E-state index is 5.95. The Morgan fingerprint density at radius 3 is 2.46 bits per heavy atom. The minimum atomic E-state index is 0.637. The van der Waals surface area contributed by atoms with Crippen molar-refractivity contribution in [2.75, 3.05) is 5.32 Å². The summed E-state index contributed by atoms with van der Waals surface area (Å²) in [5.74, 6) is 1.39. The summed E-state index contributed by atoms with van der Waals surface area (Å²) in [5, 5.41) is 5.01. The lowest BCUT2D eigenvalue weighted by Crippen LogP contribution is -1.99. The quantitative estimate of drug-likeness (QED) is 0.567. The number of rotatable bonds is 3. The first-order valence-corrected chi connectivity index (χ1v) is 7.87. The molecule has 4 aromatic rings. The highest BCUT2D eigenvalue weighted by atomic mass is 35.5. The van der Waals surface area contributed by atoms with Crippen molar-refractivity contribution in [3.05, 3.63) is 78.1 Å². The zero-order valence-corrected chi connectivity index (χ0v) is 13.4. The van der Waals surface area contributed by atoms with Crippen molar-refractivity contribution < 1.29 is 0 Å². The number of para-hydroxylation sites is 1. The first-order chi connectivity index (χ1) is 11.8. The zero-order chi connectivity index (χ0) is 16.4. The van der Waals surface area contributed by atoms with Crippen LogP contribution < -0.4 is 5.32 Å². The van der Waals surface area contributed by atoms with Gasteiger partial charge in [0.25, 0.3) is 0 Å². The molecule has 2 aromatic heterocycles. The molecule has 2 heterocycles. The molecule has 0 bridgehead atoms. The van der Waals surface area contributed by atoms with Gasteiger partial charge in [-0.05, 0) is 48.5 Å². The van der Waals surface area contributed by atoms with Crippen molar-refractivity contribution in [3.8, 4) is 11.4 Å². The van der Waals surface area contributed by atoms with Crippen molar-refractivity contribution in [1.82, 2.24) is 15.0 Å². The highest BCUT2D eigenvalue weighted by Gasteiger charge is 2.09. The fourth-order valence-corrected chi connectivity index (χ4v) is 2.59. The van der Waals surface area contributed by atoms with E-state index in [1.54, 1.807) is 12.4 Å². The first kappa shape index (κ1) is 14.6. The number of aromatic nitrogens is 3. The first-order valence-electron chi connectivity index (χ1n) is 7.49. The largest absolute Gasteiger partial charge is 0.340 e. The number of hydrogen-bond donors (Lipinski definition) is 1. The topological polar surface area (TPSA) is 50.7 Å². The summed E-state index contributed by atoms with van der Waals surface area (Å²) in [6.45, 7) is 0. The predicted molar refractivity (Wildman–Crippen MR) is 97.5 cm³/mol. The van der Waals surface area contributed by atoms with Crippen LogP contribution in [0.2, 0.25) is 5.02 Å². The summed E-state index contributed by atoms with van der Waals surface area (Å²) in [4.78, 5) is 13.5. The summed E-state index contributed by atoms with van der Waals surface area (Å²) < 4.78 is 0. The van der Waals surface area contributed by atoms with Gasteiger partial charge in [-0.25, -0.2) is 9.97 Å². The van der Waals surface area contributed by atoms with Crippen molar-refractivity contribution in [1.29, 1.82) is 0 Å². The minimum Gasteiger partial charge on any atom is -0.340 e. The molecule has 0 saturated heterocycles. The van der Waals surface area contributed by atoms with Crippen LogP contribution in [-0.4, -0.2) is 15.0 Å². The van der Waals surface area contributed by atoms with E-state index in [9.17, 15) is 0 Å². The lowest BCUT2D eigenvalue weighted by Gasteiger charge is -2.11. The molecule has 4 rings (SSSR count). The maximum atomic E-state index is 5.95. The summed E-state index contributed by atoms with van der Waals surface area (Å²) in [6, 6.07) is 19.3. The Morgan fingerprint density at radius 2 is 1.67 bits per heavy atom. The van der Waals surface area contributed by atoms with E-state index in [2.05, 4.69) is 15.3 Å². The molecule has 0 aliphatic rings. The average Bonchev–Trinajstić information content (AvgIpc) is 2.64. The van der Waals surface area contributed by atoms with Crippen LogP contribution >= 0.6 is 11.6 Å². The highest BCUT2D eigenvalue weighted by molar-refractivity contribution is 6.30. The van der Waals surface area contributed by atoms with Crippen LogP contribution in [-0.2, 0) is 0 Å². The molecule has 2 aromatic carbocycles. The summed E-state index contributed by atoms with van der Waals surface area (Å²) in [6.07, 6.45) is 3.49. The molecule has 0 unspecified atom stereocenters. The average molecular weight is 333 g/mol. The Kier molecular flexibility index (Phi) is 3.81. The van der Waals surface area contributed by atoms with Gasteiger partial charge < -0.3 is 5.32 Å². The summed E-state index contributed by atoms with van der Waals surface area (Å²) in [5.41, 5.74) is 2.67. The van der Waals surface area contributed by atoms with Gasteiger partial charge in [0.1, 0.15) is 5.82 Å². The molecular formula is C19H13ClN4. The van der Waals surface area contributed by atoms with Crippen molar-refractivity contribution in [2.45, 2.75) is 0 Å². The third-order valence-electron chi connectivity index (χ3n) is 3.63. The number of benzene rings is 2. The number of pyridine rings is 1. The standard InChI is InChI=1S/C19H13ClN4/c20-14-7-9-15(10-8-14)22-19-16-5-1-2-6-17(16)23-18(24-19)13-4-3-11-21-12-13/h1-12H,(H,22,23,24). The monoisotopic (exact) mass is 332 g/mol. The molecule has 0 fully saturated rings. The SMILES string of the molecule is Clc1ccc(Nc2nc(-c3cccnc3)nc3ccccc23)cc1. The van der Waals surface area contributed by atoms with Gasteiger partial charge in [-0.15, -0.1) is 0 Å². The molecule has 5 heteroatoms. The normalized spacial score (nSPS) is 10.7. The fourth-order valence-electron chi connectivity index (χ4n) is 2.47. The Balaban J connectivity index is 1.85. The lowest BCUT2D eigenvalue weighted by atomic mass is 10.2. The van der Waals surface area contributed by atoms with E-state index in [1.807, 2.05) is 60.7 Å². The molecule has 0 amide bonds. The molecular weight excluding hydrogens is 320 g/mol. The van der Waals surface area contributed by atoms with E-state index in [0.717, 1.165) is 28.0 Å². The number of nitrogens with zero attached hydrogens (tertiary/aromatic N) is 3. The summed E-state index contributed by atoms with van der Waals surface area (Å²) >= 11 is 5.95. The number of fused-ring (bicyclic) bond motifs is 1. The number of anilines is 2. The van der Waals surface area contributed by atoms with Crippen LogP contribution in [0.25, 0.3) is 22.3 Å². The number of halogens is 1. The van der Waals surface area contributed by atoms with Crippen LogP contribution in [0.1, 0.15) is 0 Å². The van der Waals surface area contributed by atoms with E-state index in [4.69, 9.17) is 16.6 Å². The van der Waals surface area contributed by atoms with Crippen LogP contribution in [0.4, 0.5) is 11.5 Å². The van der Waals surface area contributed by atoms with Gasteiger partial charge in [0.15, 0.2) is 5.82 Å². The van der Waals surface area contributed by atoms with E-state index < -0.39 is 0 Å². The lowest BCUT2D eigenvalue weighted by molar-refractivity contribution is 1.20. The van der Waals surface area contributed by atoms with Gasteiger partial charge in [0.05, 0.1) is 5.52 Å². The molecule has 0 saturated carbocycles. The van der Waals surface area contributed by atoms with Crippen LogP contribution in [0.5, 0.6) is 0 Å². The Morgan fingerprint density at radius 1 is 0.833 bits per heavy atom. The number of nitrogens with one attached hydrogen (secondary N) is 1. The smallest absolute Gasteiger partial charge is 0.163 e. The molecule has 4 nitrogen and oxygen atoms in total. The van der Waals surface area contributed by atoms with Gasteiger partial charge >= 0.3 is 0 Å². The van der Waals surface area contributed by atoms with E-state index in [0.29, 0.717) is 10.8 Å². The molecule has 0 aliphatic heterocycles. The van der Waals surface area contributed by atoms with E-state index in [1.165, 1.54) is 0 Å². The van der Waals surface area contributed by atoms with Crippen LogP contribution in [0.15, 0.2) is 73.1 Å². The minimum absolute atomic E-state index is 0.637. The van der Waals surface area contributed by atoms with E-state index in [-0.39, 0.29) is 0 Å². The van der Waals surface area contributed by atoms with Crippen molar-refractivity contribution in [2.24, 2.45) is 0 Å². The van der Waals surface area contributed by atoms with Crippen molar-refractivity contribution in [3.63, 3.8) is 0 Å². The van der Waals surface area contributed by atoms with Gasteiger partial charge in [-0.2, -0.15) is 0 Å². The fraction of sp³-hybridized carbons (Fsp3) is 0. The Labute approximate surface area is 144 Å². The second-order valence-electron chi connectivity index (χ2n) is 5.29. The third kappa shape index (κ3) is 2.92. The zero-order valence-electron chi connectivity index (χ0n) is 12.6. The van der Waals surface area contributed by atoms with Crippen LogP contribution in [0.3, 0.4) is 0 Å². The second-order valence-corrected chi connectivity index (χ2v) is 5.72. The predicted octanol–water partition coefficient (Wildman–Crippen LogP) is 5.09. The molecule has 1 N–H and O–H groups in total. The molecule has 0 spiro atoms. The van der Waals surface area contributed by atoms with E-state index >= 15 is 0 Å². The molecule has 0 radical (unpaired) electrons. The number of hydrogen-bond acceptors (Lipinski definition) is 4. The van der Waals surface area contributed by atoms with Gasteiger partial charge in [0.2, 0.25) is 0 Å². The molecule has 116 valence electrons. The molecule has 24 heavy (non-hydrogen) atoms. The van der Waals surface area contributed by atoms with Gasteiger partial charge in [-0.3, -0.25) is 4.98 Å². The molecule has 0 atom stereocenters. The molecule has 0 aliphatic carbocycles.